The summed E-state index contributed by atoms with van der Waals surface area (Å²) in [5, 5.41) is 9.74. The summed E-state index contributed by atoms with van der Waals surface area (Å²) < 4.78 is 40.8. The summed E-state index contributed by atoms with van der Waals surface area (Å²) in [5.41, 5.74) is 0.882. The van der Waals surface area contributed by atoms with Crippen molar-refractivity contribution in [2.24, 2.45) is 0 Å². The lowest BCUT2D eigenvalue weighted by Crippen LogP contribution is -2.17. The van der Waals surface area contributed by atoms with Crippen molar-refractivity contribution in [3.05, 3.63) is 48.0 Å². The van der Waals surface area contributed by atoms with Crippen LogP contribution in [0.2, 0.25) is 0 Å². The molecule has 0 saturated carbocycles. The molecular weight excluding hydrogens is 410 g/mol. The molecule has 0 spiro atoms. The number of benzene rings is 2. The largest absolute Gasteiger partial charge is 0.486 e. The quantitative estimate of drug-likeness (QED) is 0.657. The molecule has 1 aliphatic rings. The van der Waals surface area contributed by atoms with Gasteiger partial charge in [-0.05, 0) is 56.3 Å². The van der Waals surface area contributed by atoms with Crippen molar-refractivity contribution in [2.45, 2.75) is 24.0 Å². The Morgan fingerprint density at radius 1 is 1.00 bits per heavy atom. The van der Waals surface area contributed by atoms with Gasteiger partial charge in [0.2, 0.25) is 5.89 Å². The minimum absolute atomic E-state index is 0.0798. The summed E-state index contributed by atoms with van der Waals surface area (Å²) in [7, 11) is -3.37. The van der Waals surface area contributed by atoms with Crippen LogP contribution in [-0.2, 0) is 9.84 Å². The Hall–Kier alpha value is -3.40. The molecule has 156 valence electrons. The molecule has 3 aromatic rings. The lowest BCUT2D eigenvalue weighted by atomic mass is 10.2. The Balaban J connectivity index is 1.48. The molecule has 10 heteroatoms. The highest BCUT2D eigenvalue weighted by atomic mass is 32.2. The highest BCUT2D eigenvalue weighted by molar-refractivity contribution is 7.92. The maximum absolute atomic E-state index is 12.5. The van der Waals surface area contributed by atoms with Gasteiger partial charge < -0.3 is 13.9 Å². The van der Waals surface area contributed by atoms with Crippen LogP contribution in [-0.4, -0.2) is 43.0 Å². The summed E-state index contributed by atoms with van der Waals surface area (Å²) in [6.45, 7) is 4.13. The summed E-state index contributed by atoms with van der Waals surface area (Å²) in [6, 6.07) is 10.9. The Morgan fingerprint density at radius 2 is 1.70 bits per heavy atom. The first-order valence-electron chi connectivity index (χ1n) is 9.23. The van der Waals surface area contributed by atoms with Crippen molar-refractivity contribution >= 4 is 21.8 Å². The van der Waals surface area contributed by atoms with E-state index >= 15 is 0 Å². The first-order chi connectivity index (χ1) is 14.3. The van der Waals surface area contributed by atoms with E-state index in [0.29, 0.717) is 35.8 Å². The van der Waals surface area contributed by atoms with E-state index in [2.05, 4.69) is 15.5 Å². The fourth-order valence-corrected chi connectivity index (χ4v) is 3.86. The number of sulfone groups is 1. The number of nitrogens with zero attached hydrogens (tertiary/aromatic N) is 2. The van der Waals surface area contributed by atoms with E-state index in [9.17, 15) is 13.2 Å². The van der Waals surface area contributed by atoms with E-state index < -0.39 is 21.0 Å². The zero-order chi connectivity index (χ0) is 21.3. The first kappa shape index (κ1) is 19.9. The SMILES string of the molecule is CC(C)S(=O)(=O)c1ccc(-c2nnc(NC(=O)c3ccc4c(c3)OCCO4)o2)cc1. The van der Waals surface area contributed by atoms with E-state index in [-0.39, 0.29) is 16.8 Å². The van der Waals surface area contributed by atoms with Gasteiger partial charge in [-0.3, -0.25) is 10.1 Å². The highest BCUT2D eigenvalue weighted by Crippen LogP contribution is 2.31. The van der Waals surface area contributed by atoms with Gasteiger partial charge in [-0.25, -0.2) is 8.42 Å². The molecule has 0 unspecified atom stereocenters. The number of amides is 1. The number of fused-ring (bicyclic) bond motifs is 1. The Kier molecular flexibility index (Phi) is 5.17. The van der Waals surface area contributed by atoms with Gasteiger partial charge in [-0.1, -0.05) is 5.10 Å². The average molecular weight is 429 g/mol. The lowest BCUT2D eigenvalue weighted by molar-refractivity contribution is 0.102. The molecule has 1 amide bonds. The second-order valence-electron chi connectivity index (χ2n) is 6.84. The molecular formula is C20H19N3O6S. The molecule has 0 atom stereocenters. The zero-order valence-corrected chi connectivity index (χ0v) is 17.1. The number of hydrogen-bond donors (Lipinski definition) is 1. The summed E-state index contributed by atoms with van der Waals surface area (Å²) >= 11 is 0. The third-order valence-electron chi connectivity index (χ3n) is 4.50. The van der Waals surface area contributed by atoms with Gasteiger partial charge in [-0.2, -0.15) is 0 Å². The molecule has 0 aliphatic carbocycles. The molecule has 4 rings (SSSR count). The monoisotopic (exact) mass is 429 g/mol. The van der Waals surface area contributed by atoms with Gasteiger partial charge in [0.05, 0.1) is 10.1 Å². The number of rotatable bonds is 5. The van der Waals surface area contributed by atoms with Gasteiger partial charge >= 0.3 is 6.01 Å². The number of anilines is 1. The normalized spacial score (nSPS) is 13.3. The van der Waals surface area contributed by atoms with Crippen LogP contribution in [0, 0.1) is 0 Å². The maximum Gasteiger partial charge on any atom is 0.322 e. The van der Waals surface area contributed by atoms with Gasteiger partial charge in [0.15, 0.2) is 21.3 Å². The number of hydrogen-bond acceptors (Lipinski definition) is 8. The predicted octanol–water partition coefficient (Wildman–Crippen LogP) is 2.94. The fourth-order valence-electron chi connectivity index (χ4n) is 2.80. The molecule has 0 bridgehead atoms. The molecule has 1 aromatic heterocycles. The average Bonchev–Trinajstić information content (AvgIpc) is 3.21. The van der Waals surface area contributed by atoms with Crippen LogP contribution in [0.3, 0.4) is 0 Å². The number of carbonyl (C=O) groups excluding carboxylic acids is 1. The number of ether oxygens (including phenoxy) is 2. The third-order valence-corrected chi connectivity index (χ3v) is 6.67. The number of carbonyl (C=O) groups is 1. The van der Waals surface area contributed by atoms with Crippen LogP contribution in [0.1, 0.15) is 24.2 Å². The summed E-state index contributed by atoms with van der Waals surface area (Å²) in [5.74, 6) is 0.791. The van der Waals surface area contributed by atoms with Crippen molar-refractivity contribution in [3.8, 4) is 23.0 Å². The molecule has 30 heavy (non-hydrogen) atoms. The minimum Gasteiger partial charge on any atom is -0.486 e. The Morgan fingerprint density at radius 3 is 2.40 bits per heavy atom. The van der Waals surface area contributed by atoms with E-state index in [1.165, 1.54) is 12.1 Å². The summed E-state index contributed by atoms with van der Waals surface area (Å²) in [6.07, 6.45) is 0. The molecule has 0 fully saturated rings. The molecule has 2 aromatic carbocycles. The van der Waals surface area contributed by atoms with Crippen LogP contribution >= 0.6 is 0 Å². The van der Waals surface area contributed by atoms with E-state index in [4.69, 9.17) is 13.9 Å². The Bertz CT molecular complexity index is 1190. The molecule has 0 saturated heterocycles. The molecule has 0 radical (unpaired) electrons. The lowest BCUT2D eigenvalue weighted by Gasteiger charge is -2.18. The predicted molar refractivity (Wildman–Crippen MR) is 107 cm³/mol. The van der Waals surface area contributed by atoms with Crippen molar-refractivity contribution in [1.29, 1.82) is 0 Å². The van der Waals surface area contributed by atoms with Crippen molar-refractivity contribution in [3.63, 3.8) is 0 Å². The maximum atomic E-state index is 12.5. The second-order valence-corrected chi connectivity index (χ2v) is 9.35. The van der Waals surface area contributed by atoms with Crippen LogP contribution in [0.15, 0.2) is 51.8 Å². The standard InChI is InChI=1S/C20H19N3O6S/c1-12(2)30(25,26)15-6-3-13(4-7-15)19-22-23-20(29-19)21-18(24)14-5-8-16-17(11-14)28-10-9-27-16/h3-8,11-12H,9-10H2,1-2H3,(H,21,23,24). The molecule has 1 N–H and O–H groups in total. The van der Waals surface area contributed by atoms with Crippen LogP contribution in [0.4, 0.5) is 6.01 Å². The topological polar surface area (TPSA) is 121 Å². The number of nitrogens with one attached hydrogen (secondary N) is 1. The minimum atomic E-state index is -3.37. The smallest absolute Gasteiger partial charge is 0.322 e. The van der Waals surface area contributed by atoms with Crippen molar-refractivity contribution in [1.82, 2.24) is 10.2 Å². The highest BCUT2D eigenvalue weighted by Gasteiger charge is 2.20. The van der Waals surface area contributed by atoms with Crippen LogP contribution in [0.25, 0.3) is 11.5 Å². The zero-order valence-electron chi connectivity index (χ0n) is 16.3. The van der Waals surface area contributed by atoms with Crippen LogP contribution < -0.4 is 14.8 Å². The van der Waals surface area contributed by atoms with Crippen LogP contribution in [0.5, 0.6) is 11.5 Å². The van der Waals surface area contributed by atoms with E-state index in [0.717, 1.165) is 0 Å². The van der Waals surface area contributed by atoms with Gasteiger partial charge in [0.25, 0.3) is 5.91 Å². The van der Waals surface area contributed by atoms with E-state index in [1.54, 1.807) is 44.2 Å². The molecule has 9 nitrogen and oxygen atoms in total. The fraction of sp³-hybridized carbons (Fsp3) is 0.250. The van der Waals surface area contributed by atoms with Gasteiger partial charge in [0, 0.05) is 11.1 Å². The molecule has 2 heterocycles. The van der Waals surface area contributed by atoms with Crippen molar-refractivity contribution < 1.29 is 27.1 Å². The third kappa shape index (κ3) is 3.86. The first-order valence-corrected chi connectivity index (χ1v) is 10.8. The van der Waals surface area contributed by atoms with Gasteiger partial charge in [0.1, 0.15) is 13.2 Å². The molecule has 1 aliphatic heterocycles. The van der Waals surface area contributed by atoms with Gasteiger partial charge in [-0.15, -0.1) is 5.10 Å². The van der Waals surface area contributed by atoms with Crippen molar-refractivity contribution in [2.75, 3.05) is 18.5 Å². The van der Waals surface area contributed by atoms with E-state index in [1.807, 2.05) is 0 Å². The number of aromatic nitrogens is 2. The second kappa shape index (κ2) is 7.79. The summed E-state index contributed by atoms with van der Waals surface area (Å²) in [4.78, 5) is 12.7. The Labute approximate surface area is 172 Å².